The molecule has 0 spiro atoms. The molecule has 1 rings (SSSR count). The van der Waals surface area contributed by atoms with Crippen molar-refractivity contribution in [1.29, 1.82) is 0 Å². The second-order valence-corrected chi connectivity index (χ2v) is 3.66. The van der Waals surface area contributed by atoms with Crippen molar-refractivity contribution in [3.05, 3.63) is 24.3 Å². The lowest BCUT2D eigenvalue weighted by Gasteiger charge is -2.06. The van der Waals surface area contributed by atoms with E-state index in [0.29, 0.717) is 0 Å². The Balaban J connectivity index is 2.16. The molecule has 0 aliphatic carbocycles. The molecule has 3 amide bonds. The molecule has 0 aliphatic rings. The van der Waals surface area contributed by atoms with Crippen molar-refractivity contribution in [2.24, 2.45) is 5.73 Å². The zero-order valence-corrected chi connectivity index (χ0v) is 10.3. The van der Waals surface area contributed by atoms with Crippen LogP contribution in [0.15, 0.2) is 18.6 Å². The smallest absolute Gasteiger partial charge is 0.271 e. The summed E-state index contributed by atoms with van der Waals surface area (Å²) in [4.78, 5) is 40.8. The average molecular weight is 265 g/mol. The minimum Gasteiger partial charge on any atom is -0.370 e. The van der Waals surface area contributed by atoms with Gasteiger partial charge in [0, 0.05) is 38.3 Å². The average Bonchev–Trinajstić information content (AvgIpc) is 2.42. The molecule has 1 aromatic rings. The van der Waals surface area contributed by atoms with E-state index in [1.807, 2.05) is 0 Å². The van der Waals surface area contributed by atoms with E-state index in [4.69, 9.17) is 5.73 Å². The highest BCUT2D eigenvalue weighted by molar-refractivity contribution is 5.91. The number of carbonyl (C=O) groups is 3. The molecule has 1 heterocycles. The van der Waals surface area contributed by atoms with Crippen molar-refractivity contribution in [3.63, 3.8) is 0 Å². The number of rotatable bonds is 7. The Labute approximate surface area is 109 Å². The predicted molar refractivity (Wildman–Crippen MR) is 65.8 cm³/mol. The lowest BCUT2D eigenvalue weighted by atomic mass is 10.3. The number of primary amides is 1. The van der Waals surface area contributed by atoms with Crippen LogP contribution in [0.1, 0.15) is 23.3 Å². The number of amides is 3. The number of carbonyl (C=O) groups excluding carboxylic acids is 3. The van der Waals surface area contributed by atoms with E-state index in [-0.39, 0.29) is 43.4 Å². The van der Waals surface area contributed by atoms with Gasteiger partial charge in [-0.15, -0.1) is 0 Å². The van der Waals surface area contributed by atoms with Crippen molar-refractivity contribution in [3.8, 4) is 0 Å². The highest BCUT2D eigenvalue weighted by Gasteiger charge is 2.06. The van der Waals surface area contributed by atoms with Gasteiger partial charge in [-0.2, -0.15) is 0 Å². The third kappa shape index (κ3) is 6.10. The predicted octanol–water partition coefficient (Wildman–Crippen LogP) is -1.41. The zero-order valence-electron chi connectivity index (χ0n) is 10.3. The molecule has 0 bridgehead atoms. The molecule has 4 N–H and O–H groups in total. The topological polar surface area (TPSA) is 127 Å². The molecule has 102 valence electrons. The van der Waals surface area contributed by atoms with Gasteiger partial charge in [0.05, 0.1) is 6.20 Å². The summed E-state index contributed by atoms with van der Waals surface area (Å²) in [6.45, 7) is 0.529. The molecular weight excluding hydrogens is 250 g/mol. The van der Waals surface area contributed by atoms with Crippen LogP contribution in [-0.2, 0) is 9.59 Å². The molecule has 19 heavy (non-hydrogen) atoms. The Hall–Kier alpha value is -2.51. The first-order valence-corrected chi connectivity index (χ1v) is 5.69. The lowest BCUT2D eigenvalue weighted by molar-refractivity contribution is -0.125. The molecule has 0 aromatic carbocycles. The van der Waals surface area contributed by atoms with Crippen LogP contribution in [0.4, 0.5) is 0 Å². The van der Waals surface area contributed by atoms with Gasteiger partial charge in [-0.05, 0) is 0 Å². The monoisotopic (exact) mass is 265 g/mol. The number of aromatic nitrogens is 2. The Kier molecular flexibility index (Phi) is 5.93. The fraction of sp³-hybridized carbons (Fsp3) is 0.364. The Morgan fingerprint density at radius 1 is 1.11 bits per heavy atom. The first-order valence-electron chi connectivity index (χ1n) is 5.69. The Morgan fingerprint density at radius 2 is 1.84 bits per heavy atom. The van der Waals surface area contributed by atoms with Gasteiger partial charge in [0.1, 0.15) is 5.69 Å². The normalized spacial score (nSPS) is 9.68. The van der Waals surface area contributed by atoms with Crippen molar-refractivity contribution >= 4 is 17.7 Å². The SMILES string of the molecule is NC(=O)CCC(=O)NCCNC(=O)c1cnccn1. The molecule has 8 nitrogen and oxygen atoms in total. The lowest BCUT2D eigenvalue weighted by Crippen LogP contribution is -2.35. The van der Waals surface area contributed by atoms with Gasteiger partial charge in [-0.25, -0.2) is 4.98 Å². The summed E-state index contributed by atoms with van der Waals surface area (Å²) < 4.78 is 0. The molecule has 1 aromatic heterocycles. The van der Waals surface area contributed by atoms with E-state index >= 15 is 0 Å². The Bertz CT molecular complexity index is 449. The minimum atomic E-state index is -0.522. The van der Waals surface area contributed by atoms with Crippen LogP contribution < -0.4 is 16.4 Å². The van der Waals surface area contributed by atoms with Crippen molar-refractivity contribution in [2.45, 2.75) is 12.8 Å². The molecule has 0 atom stereocenters. The molecule has 8 heteroatoms. The summed E-state index contributed by atoms with van der Waals surface area (Å²) >= 11 is 0. The van der Waals surface area contributed by atoms with Crippen LogP contribution in [-0.4, -0.2) is 40.8 Å². The molecule has 0 unspecified atom stereocenters. The van der Waals surface area contributed by atoms with Gasteiger partial charge >= 0.3 is 0 Å². The fourth-order valence-electron chi connectivity index (χ4n) is 1.21. The fourth-order valence-corrected chi connectivity index (χ4v) is 1.21. The van der Waals surface area contributed by atoms with E-state index in [2.05, 4.69) is 20.6 Å². The number of nitrogens with zero attached hydrogens (tertiary/aromatic N) is 2. The summed E-state index contributed by atoms with van der Waals surface area (Å²) in [5.41, 5.74) is 5.12. The standard InChI is InChI=1S/C11H15N5O3/c12-9(17)1-2-10(18)15-5-6-16-11(19)8-7-13-3-4-14-8/h3-4,7H,1-2,5-6H2,(H2,12,17)(H,15,18)(H,16,19). The summed E-state index contributed by atoms with van der Waals surface area (Å²) in [5, 5.41) is 5.12. The van der Waals surface area contributed by atoms with Gasteiger partial charge < -0.3 is 16.4 Å². The van der Waals surface area contributed by atoms with E-state index in [1.54, 1.807) is 0 Å². The van der Waals surface area contributed by atoms with Crippen LogP contribution in [0.2, 0.25) is 0 Å². The molecule has 0 saturated carbocycles. The number of nitrogens with two attached hydrogens (primary N) is 1. The van der Waals surface area contributed by atoms with Crippen LogP contribution in [0.3, 0.4) is 0 Å². The summed E-state index contributed by atoms with van der Waals surface area (Å²) in [6.07, 6.45) is 4.29. The molecular formula is C11H15N5O3. The van der Waals surface area contributed by atoms with Gasteiger partial charge in [-0.1, -0.05) is 0 Å². The largest absolute Gasteiger partial charge is 0.370 e. The second kappa shape index (κ2) is 7.75. The number of nitrogens with one attached hydrogen (secondary N) is 2. The quantitative estimate of drug-likeness (QED) is 0.522. The third-order valence-electron chi connectivity index (χ3n) is 2.13. The second-order valence-electron chi connectivity index (χ2n) is 3.66. The molecule has 0 saturated heterocycles. The van der Waals surface area contributed by atoms with Gasteiger partial charge in [0.2, 0.25) is 11.8 Å². The number of hydrogen-bond acceptors (Lipinski definition) is 5. The highest BCUT2D eigenvalue weighted by atomic mass is 16.2. The third-order valence-corrected chi connectivity index (χ3v) is 2.13. The van der Waals surface area contributed by atoms with E-state index in [9.17, 15) is 14.4 Å². The highest BCUT2D eigenvalue weighted by Crippen LogP contribution is 1.89. The van der Waals surface area contributed by atoms with Crippen molar-refractivity contribution in [1.82, 2.24) is 20.6 Å². The molecule has 0 radical (unpaired) electrons. The number of hydrogen-bond donors (Lipinski definition) is 3. The van der Waals surface area contributed by atoms with Crippen LogP contribution in [0, 0.1) is 0 Å². The Morgan fingerprint density at radius 3 is 2.47 bits per heavy atom. The van der Waals surface area contributed by atoms with E-state index in [1.165, 1.54) is 18.6 Å². The minimum absolute atomic E-state index is 0.0117. The van der Waals surface area contributed by atoms with Crippen LogP contribution in [0.5, 0.6) is 0 Å². The zero-order chi connectivity index (χ0) is 14.1. The van der Waals surface area contributed by atoms with Crippen molar-refractivity contribution < 1.29 is 14.4 Å². The molecule has 0 aliphatic heterocycles. The van der Waals surface area contributed by atoms with Crippen LogP contribution in [0.25, 0.3) is 0 Å². The maximum atomic E-state index is 11.5. The van der Waals surface area contributed by atoms with E-state index < -0.39 is 5.91 Å². The van der Waals surface area contributed by atoms with E-state index in [0.717, 1.165) is 0 Å². The summed E-state index contributed by atoms with van der Waals surface area (Å²) in [5.74, 6) is -1.17. The van der Waals surface area contributed by atoms with Crippen molar-refractivity contribution in [2.75, 3.05) is 13.1 Å². The maximum absolute atomic E-state index is 11.5. The summed E-state index contributed by atoms with van der Waals surface area (Å²) in [7, 11) is 0. The van der Waals surface area contributed by atoms with Gasteiger partial charge in [0.15, 0.2) is 0 Å². The molecule has 0 fully saturated rings. The van der Waals surface area contributed by atoms with Gasteiger partial charge in [0.25, 0.3) is 5.91 Å². The first kappa shape index (κ1) is 14.6. The summed E-state index contributed by atoms with van der Waals surface area (Å²) in [6, 6.07) is 0. The van der Waals surface area contributed by atoms with Crippen LogP contribution >= 0.6 is 0 Å². The van der Waals surface area contributed by atoms with Gasteiger partial charge in [-0.3, -0.25) is 19.4 Å². The first-order chi connectivity index (χ1) is 9.09. The maximum Gasteiger partial charge on any atom is 0.271 e.